The Hall–Kier alpha value is -1.52. The van der Waals surface area contributed by atoms with E-state index in [9.17, 15) is 18.0 Å². The minimum Gasteiger partial charge on any atom is -0.339 e. The Labute approximate surface area is 130 Å². The summed E-state index contributed by atoms with van der Waals surface area (Å²) in [6.07, 6.45) is 0.701. The largest absolute Gasteiger partial charge is 0.417 e. The molecular weight excluding hydrogens is 291 g/mol. The summed E-state index contributed by atoms with van der Waals surface area (Å²) in [5, 5.41) is 0. The Bertz CT molecular complexity index is 471. The average molecular weight is 315 g/mol. The van der Waals surface area contributed by atoms with Gasteiger partial charge in [-0.2, -0.15) is 13.2 Å². The van der Waals surface area contributed by atoms with Crippen LogP contribution in [0.3, 0.4) is 0 Å². The van der Waals surface area contributed by atoms with Gasteiger partial charge in [-0.15, -0.1) is 0 Å². The van der Waals surface area contributed by atoms with Crippen molar-refractivity contribution in [3.05, 3.63) is 35.4 Å². The van der Waals surface area contributed by atoms with Gasteiger partial charge in [0.25, 0.3) is 5.91 Å². The number of benzene rings is 1. The van der Waals surface area contributed by atoms with Gasteiger partial charge in [-0.25, -0.2) is 0 Å². The number of hydrogen-bond acceptors (Lipinski definition) is 1. The van der Waals surface area contributed by atoms with Crippen molar-refractivity contribution in [1.29, 1.82) is 0 Å². The van der Waals surface area contributed by atoms with Crippen molar-refractivity contribution in [3.63, 3.8) is 0 Å². The van der Waals surface area contributed by atoms with Gasteiger partial charge >= 0.3 is 6.18 Å². The Morgan fingerprint density at radius 3 is 2.27 bits per heavy atom. The van der Waals surface area contributed by atoms with Gasteiger partial charge in [0.1, 0.15) is 0 Å². The van der Waals surface area contributed by atoms with Gasteiger partial charge in [-0.3, -0.25) is 4.79 Å². The topological polar surface area (TPSA) is 20.3 Å². The molecular formula is C17H24F3NO. The lowest BCUT2D eigenvalue weighted by molar-refractivity contribution is -0.138. The Balaban J connectivity index is 2.76. The lowest BCUT2D eigenvalue weighted by Crippen LogP contribution is -2.33. The van der Waals surface area contributed by atoms with Crippen molar-refractivity contribution in [3.8, 4) is 0 Å². The summed E-state index contributed by atoms with van der Waals surface area (Å²) in [5.41, 5.74) is -1.12. The molecule has 0 heterocycles. The van der Waals surface area contributed by atoms with E-state index >= 15 is 0 Å². The van der Waals surface area contributed by atoms with E-state index in [1.54, 1.807) is 6.92 Å². The van der Waals surface area contributed by atoms with Crippen LogP contribution in [-0.2, 0) is 6.18 Å². The summed E-state index contributed by atoms with van der Waals surface area (Å²) in [7, 11) is 0. The molecule has 0 aliphatic heterocycles. The quantitative estimate of drug-likeness (QED) is 0.608. The normalized spacial score (nSPS) is 11.5. The lowest BCUT2D eigenvalue weighted by atomic mass is 10.1. The molecule has 0 aromatic heterocycles. The van der Waals surface area contributed by atoms with Crippen LogP contribution in [-0.4, -0.2) is 23.9 Å². The van der Waals surface area contributed by atoms with E-state index in [1.165, 1.54) is 23.1 Å². The Morgan fingerprint density at radius 1 is 1.05 bits per heavy atom. The second kappa shape index (κ2) is 8.81. The zero-order chi connectivity index (χ0) is 16.6. The number of alkyl halides is 3. The molecule has 0 bridgehead atoms. The monoisotopic (exact) mass is 315 g/mol. The summed E-state index contributed by atoms with van der Waals surface area (Å²) >= 11 is 0. The highest BCUT2D eigenvalue weighted by Crippen LogP contribution is 2.32. The average Bonchev–Trinajstić information content (AvgIpc) is 2.49. The number of nitrogens with zero attached hydrogens (tertiary/aromatic N) is 1. The fourth-order valence-corrected chi connectivity index (χ4v) is 2.40. The zero-order valence-electron chi connectivity index (χ0n) is 13.2. The van der Waals surface area contributed by atoms with E-state index in [4.69, 9.17) is 0 Å². The molecule has 0 atom stereocenters. The molecule has 1 aromatic rings. The fourth-order valence-electron chi connectivity index (χ4n) is 2.40. The van der Waals surface area contributed by atoms with Crippen molar-refractivity contribution in [2.75, 3.05) is 13.1 Å². The molecule has 0 saturated carbocycles. The third-order valence-corrected chi connectivity index (χ3v) is 3.66. The molecule has 5 heteroatoms. The number of halogens is 3. The highest BCUT2D eigenvalue weighted by atomic mass is 19.4. The molecule has 0 fully saturated rings. The summed E-state index contributed by atoms with van der Waals surface area (Å²) < 4.78 is 39.0. The van der Waals surface area contributed by atoms with Crippen LogP contribution >= 0.6 is 0 Å². The molecule has 0 unspecified atom stereocenters. The molecule has 1 amide bonds. The van der Waals surface area contributed by atoms with Crippen molar-refractivity contribution >= 4 is 5.91 Å². The molecule has 0 spiro atoms. The van der Waals surface area contributed by atoms with Crippen LogP contribution in [0.2, 0.25) is 0 Å². The van der Waals surface area contributed by atoms with Crippen molar-refractivity contribution < 1.29 is 18.0 Å². The maximum absolute atomic E-state index is 13.0. The second-order valence-electron chi connectivity index (χ2n) is 5.34. The van der Waals surface area contributed by atoms with E-state index in [0.29, 0.717) is 13.1 Å². The van der Waals surface area contributed by atoms with Gasteiger partial charge in [0.05, 0.1) is 11.1 Å². The summed E-state index contributed by atoms with van der Waals surface area (Å²) in [5.74, 6) is -0.536. The van der Waals surface area contributed by atoms with Gasteiger partial charge in [-0.1, -0.05) is 44.7 Å². The molecule has 22 heavy (non-hydrogen) atoms. The zero-order valence-corrected chi connectivity index (χ0v) is 13.2. The minimum absolute atomic E-state index is 0.259. The SMILES string of the molecule is CCCCCCCN(CC)C(=O)c1ccccc1C(F)(F)F. The van der Waals surface area contributed by atoms with E-state index < -0.39 is 17.6 Å². The van der Waals surface area contributed by atoms with E-state index in [0.717, 1.165) is 38.2 Å². The molecule has 0 aliphatic rings. The van der Waals surface area contributed by atoms with Gasteiger partial charge in [0.15, 0.2) is 0 Å². The first-order valence-electron chi connectivity index (χ1n) is 7.87. The van der Waals surface area contributed by atoms with Crippen LogP contribution in [0.15, 0.2) is 24.3 Å². The standard InChI is InChI=1S/C17H24F3NO/c1-3-5-6-7-10-13-21(4-2)16(22)14-11-8-9-12-15(14)17(18,19)20/h8-9,11-12H,3-7,10,13H2,1-2H3. The van der Waals surface area contributed by atoms with Gasteiger partial charge < -0.3 is 4.90 Å². The van der Waals surface area contributed by atoms with Crippen LogP contribution in [0, 0.1) is 0 Å². The first kappa shape index (κ1) is 18.5. The first-order valence-corrected chi connectivity index (χ1v) is 7.87. The van der Waals surface area contributed by atoms with Crippen LogP contribution in [0.25, 0.3) is 0 Å². The van der Waals surface area contributed by atoms with Gasteiger partial charge in [0, 0.05) is 13.1 Å². The minimum atomic E-state index is -4.51. The molecule has 0 N–H and O–H groups in total. The Morgan fingerprint density at radius 2 is 1.68 bits per heavy atom. The summed E-state index contributed by atoms with van der Waals surface area (Å²) in [6.45, 7) is 4.83. The molecule has 2 nitrogen and oxygen atoms in total. The summed E-state index contributed by atoms with van der Waals surface area (Å²) in [4.78, 5) is 13.9. The fraction of sp³-hybridized carbons (Fsp3) is 0.588. The van der Waals surface area contributed by atoms with Crippen LogP contribution in [0.5, 0.6) is 0 Å². The van der Waals surface area contributed by atoms with Crippen LogP contribution in [0.1, 0.15) is 61.9 Å². The highest BCUT2D eigenvalue weighted by molar-refractivity contribution is 5.95. The smallest absolute Gasteiger partial charge is 0.339 e. The molecule has 124 valence electrons. The van der Waals surface area contributed by atoms with Crippen molar-refractivity contribution in [1.82, 2.24) is 4.90 Å². The van der Waals surface area contributed by atoms with Gasteiger partial charge in [-0.05, 0) is 25.5 Å². The predicted octanol–water partition coefficient (Wildman–Crippen LogP) is 5.14. The van der Waals surface area contributed by atoms with E-state index in [1.807, 2.05) is 0 Å². The van der Waals surface area contributed by atoms with E-state index in [-0.39, 0.29) is 5.56 Å². The summed E-state index contributed by atoms with van der Waals surface area (Å²) in [6, 6.07) is 4.99. The molecule has 1 rings (SSSR count). The van der Waals surface area contributed by atoms with Crippen LogP contribution in [0.4, 0.5) is 13.2 Å². The number of amides is 1. The number of rotatable bonds is 8. The maximum atomic E-state index is 13.0. The number of carbonyl (C=O) groups excluding carboxylic acids is 1. The number of hydrogen-bond donors (Lipinski definition) is 0. The maximum Gasteiger partial charge on any atom is 0.417 e. The highest BCUT2D eigenvalue weighted by Gasteiger charge is 2.35. The lowest BCUT2D eigenvalue weighted by Gasteiger charge is -2.23. The van der Waals surface area contributed by atoms with Crippen molar-refractivity contribution in [2.45, 2.75) is 52.1 Å². The van der Waals surface area contributed by atoms with Crippen LogP contribution < -0.4 is 0 Å². The van der Waals surface area contributed by atoms with Crippen molar-refractivity contribution in [2.24, 2.45) is 0 Å². The molecule has 0 radical (unpaired) electrons. The van der Waals surface area contributed by atoms with E-state index in [2.05, 4.69) is 6.92 Å². The number of carbonyl (C=O) groups is 1. The molecule has 1 aromatic carbocycles. The third kappa shape index (κ3) is 5.35. The first-order chi connectivity index (χ1) is 10.4. The second-order valence-corrected chi connectivity index (χ2v) is 5.34. The van der Waals surface area contributed by atoms with Gasteiger partial charge in [0.2, 0.25) is 0 Å². The molecule has 0 aliphatic carbocycles. The Kier molecular flexibility index (Phi) is 7.42. The third-order valence-electron chi connectivity index (χ3n) is 3.66. The number of unbranched alkanes of at least 4 members (excludes halogenated alkanes) is 4. The molecule has 0 saturated heterocycles. The predicted molar refractivity (Wildman–Crippen MR) is 81.8 cm³/mol.